The van der Waals surface area contributed by atoms with E-state index in [4.69, 9.17) is 0 Å². The van der Waals surface area contributed by atoms with E-state index >= 15 is 0 Å². The lowest BCUT2D eigenvalue weighted by molar-refractivity contribution is 0.370. The van der Waals surface area contributed by atoms with Gasteiger partial charge >= 0.3 is 0 Å². The standard InChI is InChI=1S/C21H25FN8/c1-16-24-8-9-30(16)19-5-4-17(14-18(19)22)15-27-20(23-2)28-10-12-29(13-11-28)21-25-6-3-7-26-21/h3-9,14H,10-13,15H2,1-2H3,(H,23,27). The molecule has 0 bridgehead atoms. The number of hydrogen-bond acceptors (Lipinski definition) is 5. The van der Waals surface area contributed by atoms with E-state index in [0.29, 0.717) is 12.2 Å². The number of anilines is 1. The molecule has 1 N–H and O–H groups in total. The Morgan fingerprint density at radius 1 is 1.10 bits per heavy atom. The third-order valence-corrected chi connectivity index (χ3v) is 5.17. The zero-order valence-corrected chi connectivity index (χ0v) is 17.2. The number of piperazine rings is 1. The van der Waals surface area contributed by atoms with Crippen molar-refractivity contribution >= 4 is 11.9 Å². The number of benzene rings is 1. The van der Waals surface area contributed by atoms with E-state index in [1.807, 2.05) is 19.1 Å². The van der Waals surface area contributed by atoms with Gasteiger partial charge in [0.2, 0.25) is 5.95 Å². The number of aromatic nitrogens is 4. The van der Waals surface area contributed by atoms with E-state index in [1.165, 1.54) is 0 Å². The molecular formula is C21H25FN8. The van der Waals surface area contributed by atoms with Crippen molar-refractivity contribution < 1.29 is 4.39 Å². The van der Waals surface area contributed by atoms with Crippen molar-refractivity contribution in [1.29, 1.82) is 0 Å². The zero-order chi connectivity index (χ0) is 20.9. The van der Waals surface area contributed by atoms with Gasteiger partial charge in [-0.1, -0.05) is 6.07 Å². The molecule has 4 rings (SSSR count). The Bertz CT molecular complexity index is 1010. The Hall–Kier alpha value is -3.49. The lowest BCUT2D eigenvalue weighted by Gasteiger charge is -2.36. The average molecular weight is 408 g/mol. The molecule has 0 unspecified atom stereocenters. The highest BCUT2D eigenvalue weighted by Gasteiger charge is 2.21. The number of hydrogen-bond donors (Lipinski definition) is 1. The minimum absolute atomic E-state index is 0.276. The van der Waals surface area contributed by atoms with Gasteiger partial charge in [-0.25, -0.2) is 19.3 Å². The van der Waals surface area contributed by atoms with Crippen LogP contribution in [0.15, 0.2) is 54.0 Å². The summed E-state index contributed by atoms with van der Waals surface area (Å²) in [5.74, 6) is 2.03. The van der Waals surface area contributed by atoms with Gasteiger partial charge in [0.15, 0.2) is 5.96 Å². The van der Waals surface area contributed by atoms with E-state index in [0.717, 1.165) is 49.5 Å². The smallest absolute Gasteiger partial charge is 0.225 e. The molecule has 1 fully saturated rings. The largest absolute Gasteiger partial charge is 0.352 e. The van der Waals surface area contributed by atoms with Crippen LogP contribution in [0, 0.1) is 12.7 Å². The van der Waals surface area contributed by atoms with Gasteiger partial charge in [-0.15, -0.1) is 0 Å². The molecule has 2 aromatic heterocycles. The van der Waals surface area contributed by atoms with Crippen LogP contribution in [0.3, 0.4) is 0 Å². The molecule has 0 aliphatic carbocycles. The molecule has 0 radical (unpaired) electrons. The van der Waals surface area contributed by atoms with E-state index in [1.54, 1.807) is 48.5 Å². The predicted molar refractivity (Wildman–Crippen MR) is 114 cm³/mol. The lowest BCUT2D eigenvalue weighted by Crippen LogP contribution is -2.52. The van der Waals surface area contributed by atoms with Crippen molar-refractivity contribution in [3.8, 4) is 5.69 Å². The highest BCUT2D eigenvalue weighted by atomic mass is 19.1. The molecular weight excluding hydrogens is 383 g/mol. The predicted octanol–water partition coefficient (Wildman–Crippen LogP) is 2.01. The van der Waals surface area contributed by atoms with E-state index in [2.05, 4.69) is 35.1 Å². The third-order valence-electron chi connectivity index (χ3n) is 5.17. The zero-order valence-electron chi connectivity index (χ0n) is 17.2. The van der Waals surface area contributed by atoms with Crippen LogP contribution in [0.4, 0.5) is 10.3 Å². The normalized spacial score (nSPS) is 14.8. The monoisotopic (exact) mass is 408 g/mol. The summed E-state index contributed by atoms with van der Waals surface area (Å²) in [5.41, 5.74) is 1.35. The summed E-state index contributed by atoms with van der Waals surface area (Å²) >= 11 is 0. The summed E-state index contributed by atoms with van der Waals surface area (Å²) in [6.07, 6.45) is 6.94. The second-order valence-electron chi connectivity index (χ2n) is 7.05. The van der Waals surface area contributed by atoms with Gasteiger partial charge in [-0.3, -0.25) is 4.99 Å². The maximum absolute atomic E-state index is 14.6. The first-order chi connectivity index (χ1) is 14.7. The van der Waals surface area contributed by atoms with Crippen LogP contribution in [-0.4, -0.2) is 63.6 Å². The molecule has 1 aromatic carbocycles. The maximum atomic E-state index is 14.6. The molecule has 3 aromatic rings. The van der Waals surface area contributed by atoms with Crippen LogP contribution >= 0.6 is 0 Å². The second-order valence-corrected chi connectivity index (χ2v) is 7.05. The van der Waals surface area contributed by atoms with Crippen LogP contribution in [0.25, 0.3) is 5.69 Å². The minimum Gasteiger partial charge on any atom is -0.352 e. The Labute approximate surface area is 175 Å². The van der Waals surface area contributed by atoms with Crippen LogP contribution in [0.2, 0.25) is 0 Å². The van der Waals surface area contributed by atoms with E-state index in [9.17, 15) is 4.39 Å². The summed E-state index contributed by atoms with van der Waals surface area (Å²) in [6, 6.07) is 7.07. The number of aliphatic imine (C=N–C) groups is 1. The first-order valence-electron chi connectivity index (χ1n) is 9.92. The van der Waals surface area contributed by atoms with Gasteiger partial charge in [-0.05, 0) is 30.7 Å². The van der Waals surface area contributed by atoms with Crippen molar-refractivity contribution in [1.82, 2.24) is 29.7 Å². The van der Waals surface area contributed by atoms with Crippen LogP contribution in [-0.2, 0) is 6.54 Å². The Balaban J connectivity index is 1.35. The number of halogens is 1. The number of imidazole rings is 1. The van der Waals surface area contributed by atoms with Crippen molar-refractivity contribution in [2.45, 2.75) is 13.5 Å². The molecule has 0 saturated carbocycles. The van der Waals surface area contributed by atoms with Gasteiger partial charge in [0.05, 0.1) is 5.69 Å². The molecule has 0 atom stereocenters. The molecule has 30 heavy (non-hydrogen) atoms. The van der Waals surface area contributed by atoms with Gasteiger partial charge in [0, 0.05) is 64.6 Å². The summed E-state index contributed by atoms with van der Waals surface area (Å²) in [7, 11) is 1.76. The summed E-state index contributed by atoms with van der Waals surface area (Å²) in [4.78, 5) is 21.5. The topological polar surface area (TPSA) is 74.5 Å². The molecule has 8 nitrogen and oxygen atoms in total. The summed E-state index contributed by atoms with van der Waals surface area (Å²) < 4.78 is 16.4. The molecule has 1 aliphatic heterocycles. The summed E-state index contributed by atoms with van der Waals surface area (Å²) in [5, 5.41) is 3.34. The number of rotatable bonds is 4. The fourth-order valence-corrected chi connectivity index (χ4v) is 3.57. The third kappa shape index (κ3) is 4.24. The molecule has 1 aliphatic rings. The number of guanidine groups is 1. The van der Waals surface area contributed by atoms with Crippen LogP contribution in [0.5, 0.6) is 0 Å². The number of nitrogens with zero attached hydrogens (tertiary/aromatic N) is 7. The van der Waals surface area contributed by atoms with Crippen molar-refractivity contribution in [2.75, 3.05) is 38.1 Å². The minimum atomic E-state index is -0.276. The molecule has 156 valence electrons. The first kappa shape index (κ1) is 19.8. The molecule has 1 saturated heterocycles. The van der Waals surface area contributed by atoms with Crippen LogP contribution < -0.4 is 10.2 Å². The first-order valence-corrected chi connectivity index (χ1v) is 9.92. The fourth-order valence-electron chi connectivity index (χ4n) is 3.57. The fraction of sp³-hybridized carbons (Fsp3) is 0.333. The molecule has 0 amide bonds. The highest BCUT2D eigenvalue weighted by Crippen LogP contribution is 2.17. The summed E-state index contributed by atoms with van der Waals surface area (Å²) in [6.45, 7) is 5.60. The van der Waals surface area contributed by atoms with Crippen LogP contribution in [0.1, 0.15) is 11.4 Å². The number of aryl methyl sites for hydroxylation is 1. The molecule has 9 heteroatoms. The van der Waals surface area contributed by atoms with Crippen molar-refractivity contribution in [3.05, 3.63) is 66.3 Å². The van der Waals surface area contributed by atoms with Gasteiger partial charge in [0.1, 0.15) is 11.6 Å². The Morgan fingerprint density at radius 2 is 1.87 bits per heavy atom. The van der Waals surface area contributed by atoms with E-state index in [-0.39, 0.29) is 5.82 Å². The molecule has 0 spiro atoms. The maximum Gasteiger partial charge on any atom is 0.225 e. The Morgan fingerprint density at radius 3 is 2.50 bits per heavy atom. The van der Waals surface area contributed by atoms with E-state index < -0.39 is 0 Å². The SMILES string of the molecule is CN=C(NCc1ccc(-n2ccnc2C)c(F)c1)N1CCN(c2ncccn2)CC1. The van der Waals surface area contributed by atoms with Gasteiger partial charge in [0.25, 0.3) is 0 Å². The quantitative estimate of drug-likeness (QED) is 0.526. The van der Waals surface area contributed by atoms with Gasteiger partial charge in [-0.2, -0.15) is 0 Å². The van der Waals surface area contributed by atoms with Crippen molar-refractivity contribution in [2.24, 2.45) is 4.99 Å². The second kappa shape index (κ2) is 8.89. The lowest BCUT2D eigenvalue weighted by atomic mass is 10.2. The average Bonchev–Trinajstić information content (AvgIpc) is 3.21. The number of nitrogens with one attached hydrogen (secondary N) is 1. The van der Waals surface area contributed by atoms with Gasteiger partial charge < -0.3 is 19.7 Å². The highest BCUT2D eigenvalue weighted by molar-refractivity contribution is 5.80. The van der Waals surface area contributed by atoms with Crippen molar-refractivity contribution in [3.63, 3.8) is 0 Å². The molecule has 3 heterocycles. The Kier molecular flexibility index (Phi) is 5.87.